The number of amides is 2. The molecule has 0 spiro atoms. The molecule has 254 valence electrons. The van der Waals surface area contributed by atoms with Crippen molar-refractivity contribution in [2.24, 2.45) is 0 Å². The summed E-state index contributed by atoms with van der Waals surface area (Å²) in [5.41, 5.74) is 5.04. The molecule has 6 rings (SSSR count). The number of benzene rings is 2. The summed E-state index contributed by atoms with van der Waals surface area (Å²) in [6, 6.07) is 0.559. The predicted molar refractivity (Wildman–Crippen MR) is 173 cm³/mol. The lowest BCUT2D eigenvalue weighted by atomic mass is 9.71. The Balaban J connectivity index is 1.50. The third kappa shape index (κ3) is 5.44. The standard InChI is InChI=1S/C34H43ClN4O8/c1-15-10-20-11-22-18(4)39-23(28(38(22)6)26(20)29(42)30(15)44-7)12-21-27(24(39)13-36-34(43)17(3)37-25(41)8-9-35)33-32(45-14-46-33)16(2)31(21)47-19(5)40/h10,17-18,22-24,28,42H,8-9,11-14H2,1-7H3,(H,36,43)(H,37,41)/t17-,18-,22?,23?,24-,28?/m0/s1. The molecule has 1 saturated heterocycles. The van der Waals surface area contributed by atoms with Crippen LogP contribution in [0.1, 0.15) is 72.7 Å². The lowest BCUT2D eigenvalue weighted by Gasteiger charge is -2.61. The summed E-state index contributed by atoms with van der Waals surface area (Å²) in [5.74, 6) is 1.14. The zero-order valence-corrected chi connectivity index (χ0v) is 28.6. The molecule has 0 radical (unpaired) electrons. The maximum Gasteiger partial charge on any atom is 0.308 e. The van der Waals surface area contributed by atoms with Crippen LogP contribution < -0.4 is 29.6 Å². The van der Waals surface area contributed by atoms with E-state index in [-0.39, 0.29) is 67.4 Å². The first-order valence-electron chi connectivity index (χ1n) is 16.0. The van der Waals surface area contributed by atoms with Crippen LogP contribution in [0.3, 0.4) is 0 Å². The second-order valence-electron chi connectivity index (χ2n) is 13.0. The number of esters is 1. The number of piperazine rings is 1. The minimum absolute atomic E-state index is 0.00583. The Morgan fingerprint density at radius 3 is 2.53 bits per heavy atom. The number of fused-ring (bicyclic) bond motifs is 9. The van der Waals surface area contributed by atoms with Gasteiger partial charge >= 0.3 is 5.97 Å². The summed E-state index contributed by atoms with van der Waals surface area (Å²) in [5, 5.41) is 17.5. The van der Waals surface area contributed by atoms with Gasteiger partial charge in [0.25, 0.3) is 0 Å². The molecule has 0 aromatic heterocycles. The normalized spacial score (nSPS) is 24.8. The van der Waals surface area contributed by atoms with Crippen molar-refractivity contribution in [1.29, 1.82) is 0 Å². The number of hydrogen-bond donors (Lipinski definition) is 3. The van der Waals surface area contributed by atoms with Gasteiger partial charge in [-0.1, -0.05) is 6.07 Å². The van der Waals surface area contributed by atoms with Crippen molar-refractivity contribution >= 4 is 29.4 Å². The van der Waals surface area contributed by atoms with Gasteiger partial charge in [0.2, 0.25) is 18.6 Å². The number of likely N-dealkylation sites (N-methyl/N-ethyl adjacent to an activating group) is 1. The van der Waals surface area contributed by atoms with E-state index in [0.29, 0.717) is 41.4 Å². The number of ether oxygens (including phenoxy) is 4. The van der Waals surface area contributed by atoms with Gasteiger partial charge in [-0.15, -0.1) is 11.6 Å². The van der Waals surface area contributed by atoms with Crippen LogP contribution in [0.25, 0.3) is 0 Å². The number of halogens is 1. The minimum atomic E-state index is -0.784. The van der Waals surface area contributed by atoms with E-state index in [1.807, 2.05) is 13.8 Å². The Kier molecular flexibility index (Phi) is 8.96. The SMILES string of the molecule is COc1c(C)cc2c(c1O)C1C3Cc4c(OC(C)=O)c(C)c5c(c4[C@H](CNC(=O)[C@H](C)NC(=O)CCCl)N3[C@@H](C)C(C2)N1C)OCO5. The van der Waals surface area contributed by atoms with Gasteiger partial charge < -0.3 is 34.7 Å². The molecular formula is C34H43ClN4O8. The predicted octanol–water partition coefficient (Wildman–Crippen LogP) is 3.19. The summed E-state index contributed by atoms with van der Waals surface area (Å²) in [6.07, 6.45) is 1.30. The summed E-state index contributed by atoms with van der Waals surface area (Å²) >= 11 is 5.72. The molecule has 2 amide bonds. The molecule has 13 heteroatoms. The number of aryl methyl sites for hydroxylation is 1. The van der Waals surface area contributed by atoms with E-state index >= 15 is 0 Å². The Hall–Kier alpha value is -3.74. The average Bonchev–Trinajstić information content (AvgIpc) is 3.50. The first-order valence-corrected chi connectivity index (χ1v) is 16.6. The lowest BCUT2D eigenvalue weighted by molar-refractivity contribution is -0.132. The van der Waals surface area contributed by atoms with Crippen LogP contribution >= 0.6 is 11.6 Å². The van der Waals surface area contributed by atoms with Crippen molar-refractivity contribution in [1.82, 2.24) is 20.4 Å². The smallest absolute Gasteiger partial charge is 0.308 e. The number of alkyl halides is 1. The van der Waals surface area contributed by atoms with Crippen LogP contribution in [-0.4, -0.2) is 90.2 Å². The first-order chi connectivity index (χ1) is 22.4. The van der Waals surface area contributed by atoms with Crippen LogP contribution in [0.5, 0.6) is 28.7 Å². The molecule has 0 saturated carbocycles. The molecule has 4 heterocycles. The van der Waals surface area contributed by atoms with E-state index in [0.717, 1.165) is 27.8 Å². The maximum absolute atomic E-state index is 13.4. The van der Waals surface area contributed by atoms with Crippen LogP contribution in [0.4, 0.5) is 0 Å². The highest BCUT2D eigenvalue weighted by Gasteiger charge is 2.55. The molecule has 2 aromatic carbocycles. The second-order valence-corrected chi connectivity index (χ2v) is 13.4. The van der Waals surface area contributed by atoms with E-state index in [1.165, 1.54) is 6.92 Å². The monoisotopic (exact) mass is 670 g/mol. The molecule has 3 unspecified atom stereocenters. The number of methoxy groups -OCH3 is 1. The molecular weight excluding hydrogens is 628 g/mol. The quantitative estimate of drug-likeness (QED) is 0.218. The second kappa shape index (κ2) is 12.7. The molecule has 2 bridgehead atoms. The number of phenols is 1. The van der Waals surface area contributed by atoms with Crippen molar-refractivity contribution in [2.45, 2.75) is 90.1 Å². The third-order valence-electron chi connectivity index (χ3n) is 10.3. The fraction of sp³-hybridized carbons (Fsp3) is 0.559. The Morgan fingerprint density at radius 2 is 1.85 bits per heavy atom. The Labute approximate surface area is 279 Å². The Bertz CT molecular complexity index is 1630. The number of carbonyl (C=O) groups excluding carboxylic acids is 3. The van der Waals surface area contributed by atoms with Crippen molar-refractivity contribution in [2.75, 3.05) is 33.4 Å². The van der Waals surface area contributed by atoms with E-state index in [9.17, 15) is 19.5 Å². The fourth-order valence-electron chi connectivity index (χ4n) is 8.34. The van der Waals surface area contributed by atoms with E-state index in [1.54, 1.807) is 14.0 Å². The number of hydrogen-bond acceptors (Lipinski definition) is 10. The highest BCUT2D eigenvalue weighted by Crippen LogP contribution is 2.58. The zero-order valence-electron chi connectivity index (χ0n) is 27.9. The van der Waals surface area contributed by atoms with Crippen LogP contribution in [-0.2, 0) is 27.2 Å². The Morgan fingerprint density at radius 1 is 1.13 bits per heavy atom. The molecule has 4 aliphatic rings. The van der Waals surface area contributed by atoms with Gasteiger partial charge in [0, 0.05) is 66.1 Å². The van der Waals surface area contributed by atoms with Crippen molar-refractivity contribution in [3.8, 4) is 28.7 Å². The molecule has 3 N–H and O–H groups in total. The van der Waals surface area contributed by atoms with Gasteiger partial charge in [-0.3, -0.25) is 24.2 Å². The lowest BCUT2D eigenvalue weighted by Crippen LogP contribution is -2.68. The molecule has 6 atom stereocenters. The van der Waals surface area contributed by atoms with Gasteiger partial charge in [0.05, 0.1) is 19.2 Å². The van der Waals surface area contributed by atoms with Gasteiger partial charge in [0.15, 0.2) is 23.0 Å². The third-order valence-corrected chi connectivity index (χ3v) is 10.5. The average molecular weight is 671 g/mol. The highest BCUT2D eigenvalue weighted by molar-refractivity contribution is 6.19. The molecule has 1 fully saturated rings. The number of nitrogens with zero attached hydrogens (tertiary/aromatic N) is 2. The van der Waals surface area contributed by atoms with E-state index in [4.69, 9.17) is 30.5 Å². The topological polar surface area (TPSA) is 139 Å². The zero-order chi connectivity index (χ0) is 33.9. The van der Waals surface area contributed by atoms with Gasteiger partial charge in [-0.05, 0) is 58.7 Å². The van der Waals surface area contributed by atoms with Crippen molar-refractivity contribution in [3.63, 3.8) is 0 Å². The maximum atomic E-state index is 13.4. The molecule has 0 aliphatic carbocycles. The van der Waals surface area contributed by atoms with E-state index in [2.05, 4.69) is 40.5 Å². The van der Waals surface area contributed by atoms with Crippen LogP contribution in [0.15, 0.2) is 6.07 Å². The highest BCUT2D eigenvalue weighted by atomic mass is 35.5. The van der Waals surface area contributed by atoms with Crippen molar-refractivity contribution in [3.05, 3.63) is 39.4 Å². The van der Waals surface area contributed by atoms with Crippen LogP contribution in [0, 0.1) is 13.8 Å². The fourth-order valence-corrected chi connectivity index (χ4v) is 8.51. The first kappa shape index (κ1) is 33.2. The van der Waals surface area contributed by atoms with Gasteiger partial charge in [0.1, 0.15) is 11.8 Å². The molecule has 12 nitrogen and oxygen atoms in total. The largest absolute Gasteiger partial charge is 0.504 e. The van der Waals surface area contributed by atoms with E-state index < -0.39 is 18.1 Å². The molecule has 2 aromatic rings. The number of rotatable bonds is 8. The van der Waals surface area contributed by atoms with Gasteiger partial charge in [-0.25, -0.2) is 0 Å². The van der Waals surface area contributed by atoms with Gasteiger partial charge in [-0.2, -0.15) is 0 Å². The molecule has 4 aliphatic heterocycles. The summed E-state index contributed by atoms with van der Waals surface area (Å²) < 4.78 is 23.6. The number of aromatic hydroxyl groups is 1. The summed E-state index contributed by atoms with van der Waals surface area (Å²) in [7, 11) is 3.65. The minimum Gasteiger partial charge on any atom is -0.504 e. The van der Waals surface area contributed by atoms with Crippen molar-refractivity contribution < 1.29 is 38.4 Å². The van der Waals surface area contributed by atoms with Crippen LogP contribution in [0.2, 0.25) is 0 Å². The number of phenolic OH excluding ortho intramolecular Hbond substituents is 1. The summed E-state index contributed by atoms with van der Waals surface area (Å²) in [6.45, 7) is 9.18. The number of nitrogens with one attached hydrogen (secondary N) is 2. The number of carbonyl (C=O) groups is 3. The summed E-state index contributed by atoms with van der Waals surface area (Å²) in [4.78, 5) is 42.8. The molecule has 47 heavy (non-hydrogen) atoms.